The van der Waals surface area contributed by atoms with Crippen LogP contribution in [-0.2, 0) is 10.1 Å². The first-order chi connectivity index (χ1) is 6.03. The van der Waals surface area contributed by atoms with Crippen LogP contribution in [0.5, 0.6) is 11.5 Å². The first kappa shape index (κ1) is 9.85. The molecule has 0 amide bonds. The molecule has 0 radical (unpaired) electrons. The van der Waals surface area contributed by atoms with E-state index in [0.29, 0.717) is 5.75 Å². The van der Waals surface area contributed by atoms with E-state index in [9.17, 15) is 8.42 Å². The fourth-order valence-electron chi connectivity index (χ4n) is 0.851. The van der Waals surface area contributed by atoms with Crippen molar-refractivity contribution in [3.63, 3.8) is 0 Å². The highest BCUT2D eigenvalue weighted by atomic mass is 32.2. The van der Waals surface area contributed by atoms with Crippen LogP contribution in [0.4, 0.5) is 0 Å². The number of para-hydroxylation sites is 2. The van der Waals surface area contributed by atoms with E-state index < -0.39 is 10.1 Å². The Morgan fingerprint density at radius 1 is 1.15 bits per heavy atom. The van der Waals surface area contributed by atoms with Crippen LogP contribution in [0.15, 0.2) is 24.3 Å². The van der Waals surface area contributed by atoms with Gasteiger partial charge in [-0.25, -0.2) is 0 Å². The van der Waals surface area contributed by atoms with Gasteiger partial charge in [0.25, 0.3) is 0 Å². The Hall–Kier alpha value is -1.23. The highest BCUT2D eigenvalue weighted by Gasteiger charge is 2.08. The molecule has 13 heavy (non-hydrogen) atoms. The zero-order chi connectivity index (χ0) is 9.90. The predicted molar refractivity (Wildman–Crippen MR) is 48.5 cm³/mol. The number of benzene rings is 1. The average molecular weight is 202 g/mol. The first-order valence-electron chi connectivity index (χ1n) is 3.55. The van der Waals surface area contributed by atoms with Crippen molar-refractivity contribution in [3.8, 4) is 11.5 Å². The van der Waals surface area contributed by atoms with Gasteiger partial charge in [-0.1, -0.05) is 12.1 Å². The lowest BCUT2D eigenvalue weighted by atomic mass is 10.3. The lowest BCUT2D eigenvalue weighted by molar-refractivity contribution is 0.391. The van der Waals surface area contributed by atoms with Crippen molar-refractivity contribution < 1.29 is 17.3 Å². The highest BCUT2D eigenvalue weighted by molar-refractivity contribution is 7.86. The molecule has 1 aromatic carbocycles. The van der Waals surface area contributed by atoms with Crippen LogP contribution in [0, 0.1) is 0 Å². The number of methoxy groups -OCH3 is 1. The Balaban J connectivity index is 3.01. The van der Waals surface area contributed by atoms with E-state index in [1.54, 1.807) is 18.2 Å². The normalized spacial score (nSPS) is 10.9. The standard InChI is InChI=1S/C8H10O4S/c1-11-7-5-3-4-6-8(7)12-13(2,9)10/h3-6H,1-2H3. The molecule has 0 saturated heterocycles. The second-order valence-electron chi connectivity index (χ2n) is 2.44. The minimum Gasteiger partial charge on any atom is -0.493 e. The molecule has 0 aliphatic heterocycles. The monoisotopic (exact) mass is 202 g/mol. The van der Waals surface area contributed by atoms with E-state index in [0.717, 1.165) is 6.26 Å². The molecule has 1 rings (SSSR count). The number of hydrogen-bond donors (Lipinski definition) is 0. The third-order valence-electron chi connectivity index (χ3n) is 1.31. The number of hydrogen-bond acceptors (Lipinski definition) is 4. The Morgan fingerprint density at radius 3 is 2.15 bits per heavy atom. The minimum absolute atomic E-state index is 0.201. The first-order valence-corrected chi connectivity index (χ1v) is 5.37. The van der Waals surface area contributed by atoms with Gasteiger partial charge in [-0.2, -0.15) is 8.42 Å². The van der Waals surface area contributed by atoms with Crippen molar-refractivity contribution in [2.75, 3.05) is 13.4 Å². The maximum Gasteiger partial charge on any atom is 0.306 e. The maximum atomic E-state index is 10.8. The molecule has 0 fully saturated rings. The third-order valence-corrected chi connectivity index (χ3v) is 1.79. The Kier molecular flexibility index (Phi) is 2.77. The van der Waals surface area contributed by atoms with Crippen LogP contribution in [0.3, 0.4) is 0 Å². The topological polar surface area (TPSA) is 52.6 Å². The van der Waals surface area contributed by atoms with Gasteiger partial charge < -0.3 is 8.92 Å². The Labute approximate surface area is 77.2 Å². The van der Waals surface area contributed by atoms with Gasteiger partial charge in [-0.15, -0.1) is 0 Å². The molecule has 5 heteroatoms. The summed E-state index contributed by atoms with van der Waals surface area (Å²) in [6.45, 7) is 0. The van der Waals surface area contributed by atoms with Crippen LogP contribution in [-0.4, -0.2) is 21.8 Å². The zero-order valence-electron chi connectivity index (χ0n) is 7.35. The Bertz CT molecular complexity index is 383. The summed E-state index contributed by atoms with van der Waals surface area (Å²) in [7, 11) is -2.04. The van der Waals surface area contributed by atoms with E-state index >= 15 is 0 Å². The SMILES string of the molecule is COc1ccccc1OS(C)(=O)=O. The van der Waals surface area contributed by atoms with Gasteiger partial charge in [-0.05, 0) is 12.1 Å². The second-order valence-corrected chi connectivity index (χ2v) is 4.01. The zero-order valence-corrected chi connectivity index (χ0v) is 8.17. The van der Waals surface area contributed by atoms with E-state index in [2.05, 4.69) is 4.18 Å². The summed E-state index contributed by atoms with van der Waals surface area (Å²) in [5, 5.41) is 0. The second kappa shape index (κ2) is 3.66. The van der Waals surface area contributed by atoms with Gasteiger partial charge in [0.1, 0.15) is 0 Å². The average Bonchev–Trinajstić information content (AvgIpc) is 2.02. The fraction of sp³-hybridized carbons (Fsp3) is 0.250. The number of rotatable bonds is 3. The maximum absolute atomic E-state index is 10.8. The van der Waals surface area contributed by atoms with Crippen LogP contribution in [0.2, 0.25) is 0 Å². The number of ether oxygens (including phenoxy) is 1. The van der Waals surface area contributed by atoms with Crippen molar-refractivity contribution in [2.45, 2.75) is 0 Å². The third kappa shape index (κ3) is 2.95. The van der Waals surface area contributed by atoms with Gasteiger partial charge in [0.2, 0.25) is 0 Å². The van der Waals surface area contributed by atoms with Crippen LogP contribution < -0.4 is 8.92 Å². The summed E-state index contributed by atoms with van der Waals surface area (Å²) in [4.78, 5) is 0. The molecule has 1 aromatic rings. The molecular formula is C8H10O4S. The summed E-state index contributed by atoms with van der Waals surface area (Å²) in [5.74, 6) is 0.598. The molecule has 0 heterocycles. The van der Waals surface area contributed by atoms with Gasteiger partial charge in [0.15, 0.2) is 11.5 Å². The molecule has 0 bridgehead atoms. The molecule has 0 aromatic heterocycles. The molecule has 0 spiro atoms. The summed E-state index contributed by atoms with van der Waals surface area (Å²) < 4.78 is 31.2. The summed E-state index contributed by atoms with van der Waals surface area (Å²) in [6.07, 6.45) is 0.986. The Morgan fingerprint density at radius 2 is 1.69 bits per heavy atom. The lowest BCUT2D eigenvalue weighted by Gasteiger charge is -2.06. The molecule has 0 atom stereocenters. The minimum atomic E-state index is -3.49. The highest BCUT2D eigenvalue weighted by Crippen LogP contribution is 2.26. The van der Waals surface area contributed by atoms with Crippen LogP contribution in [0.1, 0.15) is 0 Å². The van der Waals surface area contributed by atoms with Crippen molar-refractivity contribution in [3.05, 3.63) is 24.3 Å². The predicted octanol–water partition coefficient (Wildman–Crippen LogP) is 1.03. The smallest absolute Gasteiger partial charge is 0.306 e. The van der Waals surface area contributed by atoms with Gasteiger partial charge >= 0.3 is 10.1 Å². The molecule has 4 nitrogen and oxygen atoms in total. The van der Waals surface area contributed by atoms with Crippen LogP contribution >= 0.6 is 0 Å². The van der Waals surface area contributed by atoms with Crippen molar-refractivity contribution >= 4 is 10.1 Å². The quantitative estimate of drug-likeness (QED) is 0.687. The van der Waals surface area contributed by atoms with Gasteiger partial charge in [-0.3, -0.25) is 0 Å². The molecule has 0 N–H and O–H groups in total. The lowest BCUT2D eigenvalue weighted by Crippen LogP contribution is -2.06. The van der Waals surface area contributed by atoms with Gasteiger partial charge in [0, 0.05) is 0 Å². The van der Waals surface area contributed by atoms with E-state index in [1.165, 1.54) is 13.2 Å². The van der Waals surface area contributed by atoms with Gasteiger partial charge in [0.05, 0.1) is 13.4 Å². The summed E-state index contributed by atoms with van der Waals surface area (Å²) in [6, 6.07) is 6.55. The summed E-state index contributed by atoms with van der Waals surface area (Å²) in [5.41, 5.74) is 0. The molecule has 0 aliphatic carbocycles. The molecule has 0 unspecified atom stereocenters. The van der Waals surface area contributed by atoms with E-state index in [1.807, 2.05) is 0 Å². The van der Waals surface area contributed by atoms with Crippen molar-refractivity contribution in [1.82, 2.24) is 0 Å². The van der Waals surface area contributed by atoms with Crippen LogP contribution in [0.25, 0.3) is 0 Å². The molecular weight excluding hydrogens is 192 g/mol. The largest absolute Gasteiger partial charge is 0.493 e. The molecule has 0 saturated carbocycles. The summed E-state index contributed by atoms with van der Waals surface area (Å²) >= 11 is 0. The fourth-order valence-corrected chi connectivity index (χ4v) is 1.31. The molecule has 0 aliphatic rings. The van der Waals surface area contributed by atoms with E-state index in [-0.39, 0.29) is 5.75 Å². The molecule has 72 valence electrons. The van der Waals surface area contributed by atoms with E-state index in [4.69, 9.17) is 4.74 Å². The van der Waals surface area contributed by atoms with Crippen molar-refractivity contribution in [1.29, 1.82) is 0 Å². The van der Waals surface area contributed by atoms with Crippen molar-refractivity contribution in [2.24, 2.45) is 0 Å².